The maximum atomic E-state index is 10.8. The molecule has 1 atom stereocenters. The van der Waals surface area contributed by atoms with Gasteiger partial charge in [0, 0.05) is 23.6 Å². The fourth-order valence-electron chi connectivity index (χ4n) is 2.28. The molecule has 0 amide bonds. The van der Waals surface area contributed by atoms with Crippen LogP contribution in [0.1, 0.15) is 37.4 Å². The molecule has 0 radical (unpaired) electrons. The summed E-state index contributed by atoms with van der Waals surface area (Å²) in [5.41, 5.74) is 7.35. The van der Waals surface area contributed by atoms with Crippen LogP contribution in [-0.2, 0) is 11.2 Å². The number of hydrogen-bond acceptors (Lipinski definition) is 3. The van der Waals surface area contributed by atoms with E-state index in [0.717, 1.165) is 12.0 Å². The highest BCUT2D eigenvalue weighted by atomic mass is 16.5. The first-order chi connectivity index (χ1) is 7.89. The first-order valence-corrected chi connectivity index (χ1v) is 5.67. The van der Waals surface area contributed by atoms with Gasteiger partial charge in [0.15, 0.2) is 0 Å². The number of fused-ring (bicyclic) bond motifs is 1. The van der Waals surface area contributed by atoms with E-state index in [1.807, 2.05) is 26.0 Å². The van der Waals surface area contributed by atoms with Gasteiger partial charge in [0.1, 0.15) is 11.4 Å². The normalized spacial score (nSPS) is 21.5. The van der Waals surface area contributed by atoms with Crippen molar-refractivity contribution in [2.75, 3.05) is 0 Å². The average Bonchev–Trinajstić information content (AvgIpc) is 2.17. The summed E-state index contributed by atoms with van der Waals surface area (Å²) in [4.78, 5) is 10.8. The summed E-state index contributed by atoms with van der Waals surface area (Å²) in [5, 5.41) is 8.88. The summed E-state index contributed by atoms with van der Waals surface area (Å²) < 4.78 is 5.88. The number of aliphatic carboxylic acids is 1. The minimum absolute atomic E-state index is 0.0357. The lowest BCUT2D eigenvalue weighted by atomic mass is 9.88. The monoisotopic (exact) mass is 235 g/mol. The molecular weight excluding hydrogens is 218 g/mol. The quantitative estimate of drug-likeness (QED) is 0.820. The van der Waals surface area contributed by atoms with Gasteiger partial charge >= 0.3 is 5.97 Å². The van der Waals surface area contributed by atoms with Crippen molar-refractivity contribution in [2.45, 2.75) is 38.3 Å². The molecule has 0 saturated carbocycles. The number of ether oxygens (including phenoxy) is 1. The fraction of sp³-hybridized carbons (Fsp3) is 0.462. The number of benzene rings is 1. The molecule has 4 heteroatoms. The third kappa shape index (κ3) is 2.42. The van der Waals surface area contributed by atoms with Gasteiger partial charge < -0.3 is 15.6 Å². The van der Waals surface area contributed by atoms with Crippen LogP contribution in [-0.4, -0.2) is 16.7 Å². The summed E-state index contributed by atoms with van der Waals surface area (Å²) in [6.45, 7) is 3.93. The topological polar surface area (TPSA) is 72.6 Å². The van der Waals surface area contributed by atoms with E-state index in [9.17, 15) is 4.79 Å². The molecule has 0 spiro atoms. The van der Waals surface area contributed by atoms with Crippen LogP contribution in [0.2, 0.25) is 0 Å². The SMILES string of the molecule is CC1(C)CC(N)c2cccc(CC(=O)O)c2O1. The Hall–Kier alpha value is -1.55. The van der Waals surface area contributed by atoms with Gasteiger partial charge in [-0.1, -0.05) is 18.2 Å². The molecule has 1 aliphatic rings. The number of nitrogens with two attached hydrogens (primary N) is 1. The summed E-state index contributed by atoms with van der Waals surface area (Å²) in [7, 11) is 0. The molecule has 0 bridgehead atoms. The summed E-state index contributed by atoms with van der Waals surface area (Å²) in [6.07, 6.45) is 0.697. The Kier molecular flexibility index (Phi) is 2.83. The van der Waals surface area contributed by atoms with Gasteiger partial charge in [-0.15, -0.1) is 0 Å². The predicted octanol–water partition coefficient (Wildman–Crippen LogP) is 1.87. The smallest absolute Gasteiger partial charge is 0.307 e. The molecule has 92 valence electrons. The van der Waals surface area contributed by atoms with E-state index in [1.54, 1.807) is 6.07 Å². The van der Waals surface area contributed by atoms with E-state index in [4.69, 9.17) is 15.6 Å². The third-order valence-electron chi connectivity index (χ3n) is 2.96. The fourth-order valence-corrected chi connectivity index (χ4v) is 2.28. The Labute approximate surface area is 100 Å². The maximum absolute atomic E-state index is 10.8. The minimum atomic E-state index is -0.862. The molecule has 0 aliphatic carbocycles. The highest BCUT2D eigenvalue weighted by Gasteiger charge is 2.33. The lowest BCUT2D eigenvalue weighted by molar-refractivity contribution is -0.136. The van der Waals surface area contributed by atoms with E-state index in [0.29, 0.717) is 11.3 Å². The maximum Gasteiger partial charge on any atom is 0.307 e. The first-order valence-electron chi connectivity index (χ1n) is 5.67. The van der Waals surface area contributed by atoms with Crippen molar-refractivity contribution in [1.29, 1.82) is 0 Å². The Morgan fingerprint density at radius 2 is 2.29 bits per heavy atom. The molecule has 0 saturated heterocycles. The van der Waals surface area contributed by atoms with Crippen LogP contribution in [0, 0.1) is 0 Å². The van der Waals surface area contributed by atoms with E-state index in [-0.39, 0.29) is 18.1 Å². The Balaban J connectivity index is 2.45. The second kappa shape index (κ2) is 4.04. The molecule has 3 N–H and O–H groups in total. The van der Waals surface area contributed by atoms with Crippen LogP contribution in [0.15, 0.2) is 18.2 Å². The molecule has 1 aromatic carbocycles. The van der Waals surface area contributed by atoms with Crippen molar-refractivity contribution >= 4 is 5.97 Å². The van der Waals surface area contributed by atoms with E-state index in [2.05, 4.69) is 0 Å². The van der Waals surface area contributed by atoms with E-state index in [1.165, 1.54) is 0 Å². The summed E-state index contributed by atoms with van der Waals surface area (Å²) in [5.74, 6) is -0.211. The van der Waals surface area contributed by atoms with Crippen LogP contribution in [0.4, 0.5) is 0 Å². The predicted molar refractivity (Wildman–Crippen MR) is 64.0 cm³/mol. The van der Waals surface area contributed by atoms with Gasteiger partial charge in [0.05, 0.1) is 6.42 Å². The van der Waals surface area contributed by atoms with Crippen molar-refractivity contribution < 1.29 is 14.6 Å². The van der Waals surface area contributed by atoms with E-state index < -0.39 is 5.97 Å². The number of rotatable bonds is 2. The minimum Gasteiger partial charge on any atom is -0.487 e. The van der Waals surface area contributed by atoms with Crippen LogP contribution >= 0.6 is 0 Å². The van der Waals surface area contributed by atoms with Crippen molar-refractivity contribution in [1.82, 2.24) is 0 Å². The van der Waals surface area contributed by atoms with Crippen molar-refractivity contribution in [3.05, 3.63) is 29.3 Å². The van der Waals surface area contributed by atoms with Gasteiger partial charge in [0.2, 0.25) is 0 Å². The molecule has 17 heavy (non-hydrogen) atoms. The van der Waals surface area contributed by atoms with Crippen LogP contribution in [0.5, 0.6) is 5.75 Å². The standard InChI is InChI=1S/C13H17NO3/c1-13(2)7-10(14)9-5-3-4-8(6-11(15)16)12(9)17-13/h3-5,10H,6-7,14H2,1-2H3,(H,15,16). The van der Waals surface area contributed by atoms with Gasteiger partial charge in [-0.05, 0) is 13.8 Å². The van der Waals surface area contributed by atoms with Gasteiger partial charge in [-0.2, -0.15) is 0 Å². The number of hydrogen-bond donors (Lipinski definition) is 2. The number of para-hydroxylation sites is 1. The Bertz CT molecular complexity index is 454. The highest BCUT2D eigenvalue weighted by Crippen LogP contribution is 2.40. The van der Waals surface area contributed by atoms with Gasteiger partial charge in [-0.3, -0.25) is 4.79 Å². The van der Waals surface area contributed by atoms with Crippen LogP contribution < -0.4 is 10.5 Å². The second-order valence-electron chi connectivity index (χ2n) is 5.08. The lowest BCUT2D eigenvalue weighted by Crippen LogP contribution is -2.38. The largest absolute Gasteiger partial charge is 0.487 e. The molecule has 4 nitrogen and oxygen atoms in total. The molecule has 2 rings (SSSR count). The zero-order valence-corrected chi connectivity index (χ0v) is 10.1. The molecular formula is C13H17NO3. The zero-order chi connectivity index (χ0) is 12.6. The Morgan fingerprint density at radius 3 is 2.94 bits per heavy atom. The molecule has 0 aromatic heterocycles. The van der Waals surface area contributed by atoms with Crippen molar-refractivity contribution in [3.8, 4) is 5.75 Å². The second-order valence-corrected chi connectivity index (χ2v) is 5.08. The molecule has 1 unspecified atom stereocenters. The van der Waals surface area contributed by atoms with Crippen LogP contribution in [0.3, 0.4) is 0 Å². The molecule has 1 aromatic rings. The zero-order valence-electron chi connectivity index (χ0n) is 10.1. The van der Waals surface area contributed by atoms with E-state index >= 15 is 0 Å². The average molecular weight is 235 g/mol. The number of carbonyl (C=O) groups is 1. The summed E-state index contributed by atoms with van der Waals surface area (Å²) in [6, 6.07) is 5.42. The molecule has 0 fully saturated rings. The van der Waals surface area contributed by atoms with Crippen LogP contribution in [0.25, 0.3) is 0 Å². The van der Waals surface area contributed by atoms with Gasteiger partial charge in [0.25, 0.3) is 0 Å². The summed E-state index contributed by atoms with van der Waals surface area (Å²) >= 11 is 0. The first kappa shape index (κ1) is 11.9. The number of carboxylic acids is 1. The van der Waals surface area contributed by atoms with Crippen molar-refractivity contribution in [3.63, 3.8) is 0 Å². The van der Waals surface area contributed by atoms with Crippen molar-refractivity contribution in [2.24, 2.45) is 5.73 Å². The Morgan fingerprint density at radius 1 is 1.59 bits per heavy atom. The number of carboxylic acid groups (broad SMARTS) is 1. The molecule has 1 heterocycles. The third-order valence-corrected chi connectivity index (χ3v) is 2.96. The molecule has 1 aliphatic heterocycles. The lowest BCUT2D eigenvalue weighted by Gasteiger charge is -2.37. The van der Waals surface area contributed by atoms with Gasteiger partial charge in [-0.25, -0.2) is 0 Å². The highest BCUT2D eigenvalue weighted by molar-refractivity contribution is 5.72.